The van der Waals surface area contributed by atoms with Gasteiger partial charge in [0.1, 0.15) is 0 Å². The molecule has 2 aromatic rings. The van der Waals surface area contributed by atoms with Crippen molar-refractivity contribution in [3.63, 3.8) is 0 Å². The average molecular weight is 281 g/mol. The van der Waals surface area contributed by atoms with Crippen LogP contribution in [0.3, 0.4) is 0 Å². The van der Waals surface area contributed by atoms with Gasteiger partial charge in [-0.05, 0) is 36.5 Å². The molecule has 4 nitrogen and oxygen atoms in total. The van der Waals surface area contributed by atoms with E-state index in [-0.39, 0.29) is 17.4 Å². The Hall–Kier alpha value is -2.49. The van der Waals surface area contributed by atoms with E-state index < -0.39 is 4.92 Å². The second-order valence-corrected chi connectivity index (χ2v) is 5.41. The third kappa shape index (κ3) is 2.33. The van der Waals surface area contributed by atoms with E-state index in [0.717, 1.165) is 35.1 Å². The van der Waals surface area contributed by atoms with Gasteiger partial charge in [0.25, 0.3) is 5.69 Å². The maximum Gasteiger partial charge on any atom is 0.269 e. The molecule has 0 unspecified atom stereocenters. The van der Waals surface area contributed by atoms with Crippen molar-refractivity contribution in [1.82, 2.24) is 0 Å². The zero-order valence-corrected chi connectivity index (χ0v) is 11.7. The van der Waals surface area contributed by atoms with Crippen LogP contribution in [0.4, 0.5) is 5.69 Å². The number of Topliss-reactive ketones (excluding diaryl/α,β-unsaturated/α-hetero) is 1. The first-order valence-electron chi connectivity index (χ1n) is 6.95. The first-order chi connectivity index (χ1) is 10.1. The Balaban J connectivity index is 1.99. The molecule has 0 saturated carbocycles. The molecule has 1 aliphatic rings. The van der Waals surface area contributed by atoms with E-state index in [1.807, 2.05) is 31.2 Å². The summed E-state index contributed by atoms with van der Waals surface area (Å²) in [6.07, 6.45) is 1.62. The topological polar surface area (TPSA) is 60.2 Å². The van der Waals surface area contributed by atoms with Gasteiger partial charge in [-0.1, -0.05) is 30.3 Å². The highest BCUT2D eigenvalue weighted by Gasteiger charge is 2.29. The van der Waals surface area contributed by atoms with Crippen molar-refractivity contribution < 1.29 is 9.72 Å². The number of hydrogen-bond acceptors (Lipinski definition) is 3. The van der Waals surface area contributed by atoms with Crippen LogP contribution in [-0.2, 0) is 6.42 Å². The fourth-order valence-corrected chi connectivity index (χ4v) is 3.06. The van der Waals surface area contributed by atoms with Gasteiger partial charge in [0, 0.05) is 23.6 Å². The minimum absolute atomic E-state index is 0.0694. The number of aryl methyl sites for hydroxylation is 2. The van der Waals surface area contributed by atoms with Crippen LogP contribution in [0.15, 0.2) is 42.5 Å². The van der Waals surface area contributed by atoms with E-state index in [0.29, 0.717) is 0 Å². The number of nitrogens with zero attached hydrogens (tertiary/aromatic N) is 1. The lowest BCUT2D eigenvalue weighted by atomic mass is 9.78. The molecule has 1 aliphatic carbocycles. The number of fused-ring (bicyclic) bond motifs is 1. The maximum absolute atomic E-state index is 12.7. The SMILES string of the molecule is Cc1cc([N+](=O)[O-])ccc1[C@H]1CCc2ccccc2C1=O. The van der Waals surface area contributed by atoms with Crippen molar-refractivity contribution in [1.29, 1.82) is 0 Å². The van der Waals surface area contributed by atoms with Crippen LogP contribution in [-0.4, -0.2) is 10.7 Å². The summed E-state index contributed by atoms with van der Waals surface area (Å²) in [7, 11) is 0. The molecule has 0 fully saturated rings. The normalized spacial score (nSPS) is 17.4. The van der Waals surface area contributed by atoms with Crippen molar-refractivity contribution in [2.24, 2.45) is 0 Å². The highest BCUT2D eigenvalue weighted by Crippen LogP contribution is 2.35. The summed E-state index contributed by atoms with van der Waals surface area (Å²) in [5.41, 5.74) is 3.66. The molecule has 0 spiro atoms. The Morgan fingerprint density at radius 1 is 1.19 bits per heavy atom. The number of non-ortho nitro benzene ring substituents is 1. The maximum atomic E-state index is 12.7. The van der Waals surface area contributed by atoms with E-state index in [1.54, 1.807) is 12.1 Å². The van der Waals surface area contributed by atoms with Gasteiger partial charge >= 0.3 is 0 Å². The molecule has 0 bridgehead atoms. The molecule has 3 rings (SSSR count). The average Bonchev–Trinajstić information content (AvgIpc) is 2.48. The smallest absolute Gasteiger partial charge is 0.269 e. The Morgan fingerprint density at radius 3 is 2.67 bits per heavy atom. The number of rotatable bonds is 2. The van der Waals surface area contributed by atoms with E-state index in [1.165, 1.54) is 6.07 Å². The minimum Gasteiger partial charge on any atom is -0.293 e. The summed E-state index contributed by atoms with van der Waals surface area (Å²) in [6.45, 7) is 1.83. The van der Waals surface area contributed by atoms with Crippen molar-refractivity contribution in [2.45, 2.75) is 25.7 Å². The van der Waals surface area contributed by atoms with E-state index >= 15 is 0 Å². The standard InChI is InChI=1S/C17H15NO3/c1-11-10-13(18(20)21)7-9-14(11)16-8-6-12-4-2-3-5-15(12)17(16)19/h2-5,7,9-10,16H,6,8H2,1H3/t16-/m1/s1. The second kappa shape index (κ2) is 5.13. The predicted octanol–water partition coefficient (Wildman–Crippen LogP) is 3.82. The van der Waals surface area contributed by atoms with Gasteiger partial charge in [-0.2, -0.15) is 0 Å². The van der Waals surface area contributed by atoms with Gasteiger partial charge in [-0.25, -0.2) is 0 Å². The van der Waals surface area contributed by atoms with Crippen LogP contribution in [0.25, 0.3) is 0 Å². The van der Waals surface area contributed by atoms with Crippen LogP contribution in [0.1, 0.15) is 39.4 Å². The van der Waals surface area contributed by atoms with Crippen molar-refractivity contribution in [3.05, 3.63) is 74.8 Å². The van der Waals surface area contributed by atoms with Crippen LogP contribution in [0, 0.1) is 17.0 Å². The van der Waals surface area contributed by atoms with Gasteiger partial charge in [0.05, 0.1) is 4.92 Å². The Morgan fingerprint density at radius 2 is 1.95 bits per heavy atom. The first-order valence-corrected chi connectivity index (χ1v) is 6.95. The number of carbonyl (C=O) groups is 1. The Bertz CT molecular complexity index is 737. The molecule has 4 heteroatoms. The van der Waals surface area contributed by atoms with Gasteiger partial charge < -0.3 is 0 Å². The summed E-state index contributed by atoms with van der Waals surface area (Å²) in [5, 5.41) is 10.8. The summed E-state index contributed by atoms with van der Waals surface area (Å²) in [6, 6.07) is 12.4. The number of nitro benzene ring substituents is 1. The lowest BCUT2D eigenvalue weighted by molar-refractivity contribution is -0.384. The first kappa shape index (κ1) is 13.5. The summed E-state index contributed by atoms with van der Waals surface area (Å²) in [4.78, 5) is 23.1. The van der Waals surface area contributed by atoms with Crippen molar-refractivity contribution in [2.75, 3.05) is 0 Å². The molecule has 0 radical (unpaired) electrons. The van der Waals surface area contributed by atoms with Crippen LogP contribution < -0.4 is 0 Å². The lowest BCUT2D eigenvalue weighted by Gasteiger charge is -2.24. The van der Waals surface area contributed by atoms with Gasteiger partial charge in [0.2, 0.25) is 0 Å². The van der Waals surface area contributed by atoms with Gasteiger partial charge in [0.15, 0.2) is 5.78 Å². The Labute approximate surface area is 122 Å². The molecular formula is C17H15NO3. The monoisotopic (exact) mass is 281 g/mol. The van der Waals surface area contributed by atoms with E-state index in [9.17, 15) is 14.9 Å². The molecular weight excluding hydrogens is 266 g/mol. The van der Waals surface area contributed by atoms with Crippen molar-refractivity contribution in [3.8, 4) is 0 Å². The molecule has 1 atom stereocenters. The number of ketones is 1. The molecule has 0 amide bonds. The molecule has 0 aromatic heterocycles. The summed E-state index contributed by atoms with van der Waals surface area (Å²) >= 11 is 0. The van der Waals surface area contributed by atoms with Gasteiger partial charge in [-0.3, -0.25) is 14.9 Å². The number of carbonyl (C=O) groups excluding carboxylic acids is 1. The summed E-state index contributed by atoms with van der Waals surface area (Å²) < 4.78 is 0. The van der Waals surface area contributed by atoms with Crippen molar-refractivity contribution >= 4 is 11.5 Å². The van der Waals surface area contributed by atoms with Crippen LogP contribution in [0.2, 0.25) is 0 Å². The molecule has 106 valence electrons. The largest absolute Gasteiger partial charge is 0.293 e. The number of nitro groups is 1. The third-order valence-corrected chi connectivity index (χ3v) is 4.14. The summed E-state index contributed by atoms with van der Waals surface area (Å²) in [5.74, 6) is -0.0745. The van der Waals surface area contributed by atoms with E-state index in [4.69, 9.17) is 0 Å². The lowest BCUT2D eigenvalue weighted by Crippen LogP contribution is -2.21. The molecule has 0 N–H and O–H groups in total. The zero-order chi connectivity index (χ0) is 15.0. The molecule has 2 aromatic carbocycles. The number of hydrogen-bond donors (Lipinski definition) is 0. The fraction of sp³-hybridized carbons (Fsp3) is 0.235. The molecule has 0 saturated heterocycles. The molecule has 0 aliphatic heterocycles. The second-order valence-electron chi connectivity index (χ2n) is 5.41. The number of benzene rings is 2. The molecule has 0 heterocycles. The van der Waals surface area contributed by atoms with Crippen LogP contribution >= 0.6 is 0 Å². The van der Waals surface area contributed by atoms with Crippen LogP contribution in [0.5, 0.6) is 0 Å². The minimum atomic E-state index is -0.408. The zero-order valence-electron chi connectivity index (χ0n) is 11.7. The third-order valence-electron chi connectivity index (χ3n) is 4.14. The predicted molar refractivity (Wildman–Crippen MR) is 79.7 cm³/mol. The van der Waals surface area contributed by atoms with Gasteiger partial charge in [-0.15, -0.1) is 0 Å². The molecule has 21 heavy (non-hydrogen) atoms. The highest BCUT2D eigenvalue weighted by atomic mass is 16.6. The highest BCUT2D eigenvalue weighted by molar-refractivity contribution is 6.03. The fourth-order valence-electron chi connectivity index (χ4n) is 3.06. The van der Waals surface area contributed by atoms with E-state index in [2.05, 4.69) is 0 Å². The quantitative estimate of drug-likeness (QED) is 0.621. The Kier molecular flexibility index (Phi) is 3.29.